The third-order valence-corrected chi connectivity index (χ3v) is 6.05. The van der Waals surface area contributed by atoms with Crippen molar-refractivity contribution >= 4 is 11.6 Å². The monoisotopic (exact) mass is 395 g/mol. The molecule has 0 aliphatic carbocycles. The van der Waals surface area contributed by atoms with Gasteiger partial charge in [-0.25, -0.2) is 4.98 Å². The lowest BCUT2D eigenvalue weighted by atomic mass is 9.90. The maximum absolute atomic E-state index is 13.6. The Labute approximate surface area is 176 Å². The minimum Gasteiger partial charge on any atom is -0.337 e. The molecule has 3 heterocycles. The first-order chi connectivity index (χ1) is 14.8. The molecular formula is C26H25N3O. The smallest absolute Gasteiger partial charge is 0.273 e. The van der Waals surface area contributed by atoms with Crippen LogP contribution in [-0.4, -0.2) is 33.3 Å². The molecule has 0 unspecified atom stereocenters. The van der Waals surface area contributed by atoms with Crippen LogP contribution in [0.25, 0.3) is 16.9 Å². The van der Waals surface area contributed by atoms with E-state index < -0.39 is 0 Å². The summed E-state index contributed by atoms with van der Waals surface area (Å²) in [7, 11) is 0. The van der Waals surface area contributed by atoms with Gasteiger partial charge < -0.3 is 4.90 Å². The molecule has 0 N–H and O–H groups in total. The van der Waals surface area contributed by atoms with E-state index in [0.29, 0.717) is 11.6 Å². The fraction of sp³-hybridized carbons (Fsp3) is 0.231. The van der Waals surface area contributed by atoms with Crippen molar-refractivity contribution in [3.05, 3.63) is 96.3 Å². The number of amides is 1. The largest absolute Gasteiger partial charge is 0.337 e. The first-order valence-corrected chi connectivity index (χ1v) is 10.7. The second-order valence-corrected chi connectivity index (χ2v) is 8.03. The van der Waals surface area contributed by atoms with E-state index >= 15 is 0 Å². The van der Waals surface area contributed by atoms with Gasteiger partial charge in [-0.05, 0) is 42.9 Å². The first kappa shape index (κ1) is 18.6. The Morgan fingerprint density at radius 3 is 2.27 bits per heavy atom. The van der Waals surface area contributed by atoms with Gasteiger partial charge in [-0.3, -0.25) is 9.20 Å². The normalized spacial score (nSPS) is 14.9. The summed E-state index contributed by atoms with van der Waals surface area (Å²) in [5.74, 6) is 0.706. The van der Waals surface area contributed by atoms with Crippen LogP contribution in [0.5, 0.6) is 0 Å². The summed E-state index contributed by atoms with van der Waals surface area (Å²) in [5.41, 5.74) is 4.59. The third-order valence-electron chi connectivity index (χ3n) is 6.05. The van der Waals surface area contributed by atoms with Crippen molar-refractivity contribution in [1.82, 2.24) is 14.3 Å². The lowest BCUT2D eigenvalue weighted by Gasteiger charge is -2.32. The molecule has 1 aliphatic heterocycles. The SMILES string of the molecule is O=C(c1c(-c2ccccc2)nc2ccccn12)N1CCC(Cc2ccccc2)CC1. The van der Waals surface area contributed by atoms with E-state index in [9.17, 15) is 4.79 Å². The average molecular weight is 396 g/mol. The Balaban J connectivity index is 1.39. The van der Waals surface area contributed by atoms with E-state index in [2.05, 4.69) is 30.3 Å². The number of nitrogens with zero attached hydrogens (tertiary/aromatic N) is 3. The predicted octanol–water partition coefficient (Wildman–Crippen LogP) is 5.10. The summed E-state index contributed by atoms with van der Waals surface area (Å²) in [6.45, 7) is 1.59. The van der Waals surface area contributed by atoms with E-state index in [0.717, 1.165) is 49.3 Å². The highest BCUT2D eigenvalue weighted by atomic mass is 16.2. The molecular weight excluding hydrogens is 370 g/mol. The number of aromatic nitrogens is 2. The van der Waals surface area contributed by atoms with E-state index in [1.54, 1.807) is 0 Å². The number of likely N-dealkylation sites (tertiary alicyclic amines) is 1. The molecule has 5 rings (SSSR count). The summed E-state index contributed by atoms with van der Waals surface area (Å²) in [6.07, 6.45) is 5.11. The van der Waals surface area contributed by atoms with E-state index in [-0.39, 0.29) is 5.91 Å². The number of hydrogen-bond acceptors (Lipinski definition) is 2. The molecule has 1 amide bonds. The lowest BCUT2D eigenvalue weighted by molar-refractivity contribution is 0.0684. The summed E-state index contributed by atoms with van der Waals surface area (Å²) < 4.78 is 1.93. The van der Waals surface area contributed by atoms with Gasteiger partial charge in [-0.2, -0.15) is 0 Å². The minimum absolute atomic E-state index is 0.0747. The maximum atomic E-state index is 13.6. The molecule has 1 fully saturated rings. The zero-order valence-corrected chi connectivity index (χ0v) is 16.9. The molecule has 4 nitrogen and oxygen atoms in total. The number of pyridine rings is 1. The number of carbonyl (C=O) groups excluding carboxylic acids is 1. The third kappa shape index (κ3) is 3.61. The lowest BCUT2D eigenvalue weighted by Crippen LogP contribution is -2.39. The fourth-order valence-corrected chi connectivity index (χ4v) is 4.43. The van der Waals surface area contributed by atoms with Gasteiger partial charge in [0, 0.05) is 24.8 Å². The highest BCUT2D eigenvalue weighted by Gasteiger charge is 2.28. The Bertz CT molecular complexity index is 1140. The average Bonchev–Trinajstić information content (AvgIpc) is 3.20. The summed E-state index contributed by atoms with van der Waals surface area (Å²) >= 11 is 0. The van der Waals surface area contributed by atoms with Crippen LogP contribution in [0.15, 0.2) is 85.1 Å². The van der Waals surface area contributed by atoms with Crippen LogP contribution in [0.4, 0.5) is 0 Å². The molecule has 0 spiro atoms. The highest BCUT2D eigenvalue weighted by molar-refractivity contribution is 5.99. The van der Waals surface area contributed by atoms with Gasteiger partial charge in [0.25, 0.3) is 5.91 Å². The summed E-state index contributed by atoms with van der Waals surface area (Å²) in [6, 6.07) is 26.5. The van der Waals surface area contributed by atoms with Crippen molar-refractivity contribution in [2.75, 3.05) is 13.1 Å². The van der Waals surface area contributed by atoms with Crippen molar-refractivity contribution in [2.24, 2.45) is 5.92 Å². The van der Waals surface area contributed by atoms with Crippen molar-refractivity contribution < 1.29 is 4.79 Å². The molecule has 4 aromatic rings. The Morgan fingerprint density at radius 2 is 1.53 bits per heavy atom. The van der Waals surface area contributed by atoms with E-state index in [1.165, 1.54) is 5.56 Å². The van der Waals surface area contributed by atoms with Crippen LogP contribution in [0.3, 0.4) is 0 Å². The molecule has 0 saturated carbocycles. The number of benzene rings is 2. The first-order valence-electron chi connectivity index (χ1n) is 10.7. The molecule has 30 heavy (non-hydrogen) atoms. The van der Waals surface area contributed by atoms with Crippen LogP contribution in [0.1, 0.15) is 28.9 Å². The Morgan fingerprint density at radius 1 is 0.867 bits per heavy atom. The summed E-state index contributed by atoms with van der Waals surface area (Å²) in [4.78, 5) is 20.4. The second-order valence-electron chi connectivity index (χ2n) is 8.03. The van der Waals surface area contributed by atoms with Gasteiger partial charge in [0.15, 0.2) is 0 Å². The molecule has 1 saturated heterocycles. The number of fused-ring (bicyclic) bond motifs is 1. The molecule has 2 aromatic carbocycles. The predicted molar refractivity (Wildman–Crippen MR) is 119 cm³/mol. The van der Waals surface area contributed by atoms with Crippen LogP contribution in [0, 0.1) is 5.92 Å². The van der Waals surface area contributed by atoms with E-state index in [4.69, 9.17) is 4.98 Å². The van der Waals surface area contributed by atoms with Crippen molar-refractivity contribution in [2.45, 2.75) is 19.3 Å². The fourth-order valence-electron chi connectivity index (χ4n) is 4.43. The van der Waals surface area contributed by atoms with Gasteiger partial charge in [0.2, 0.25) is 0 Å². The van der Waals surface area contributed by atoms with Crippen molar-refractivity contribution in [1.29, 1.82) is 0 Å². The summed E-state index contributed by atoms with van der Waals surface area (Å²) in [5, 5.41) is 0. The Kier molecular flexibility index (Phi) is 5.06. The molecule has 4 heteroatoms. The Hall–Kier alpha value is -3.40. The van der Waals surface area contributed by atoms with Crippen LogP contribution < -0.4 is 0 Å². The standard InChI is InChI=1S/C26H25N3O/c30-26(28-17-14-21(15-18-28)19-20-9-3-1-4-10-20)25-24(22-11-5-2-6-12-22)27-23-13-7-8-16-29(23)25/h1-13,16,21H,14-15,17-19H2. The number of hydrogen-bond donors (Lipinski definition) is 0. The topological polar surface area (TPSA) is 37.6 Å². The zero-order chi connectivity index (χ0) is 20.3. The van der Waals surface area contributed by atoms with Crippen molar-refractivity contribution in [3.63, 3.8) is 0 Å². The van der Waals surface area contributed by atoms with Gasteiger partial charge in [-0.1, -0.05) is 66.7 Å². The number of carbonyl (C=O) groups is 1. The molecule has 2 aromatic heterocycles. The molecule has 150 valence electrons. The quantitative estimate of drug-likeness (QED) is 0.482. The molecule has 0 atom stereocenters. The van der Waals surface area contributed by atoms with Crippen LogP contribution >= 0.6 is 0 Å². The van der Waals surface area contributed by atoms with E-state index in [1.807, 2.05) is 64.0 Å². The van der Waals surface area contributed by atoms with Gasteiger partial charge >= 0.3 is 0 Å². The van der Waals surface area contributed by atoms with Gasteiger partial charge in [0.1, 0.15) is 17.0 Å². The highest BCUT2D eigenvalue weighted by Crippen LogP contribution is 2.28. The number of imidazole rings is 1. The molecule has 0 bridgehead atoms. The second kappa shape index (κ2) is 8.15. The number of rotatable bonds is 4. The zero-order valence-electron chi connectivity index (χ0n) is 16.9. The molecule has 1 aliphatic rings. The maximum Gasteiger partial charge on any atom is 0.273 e. The minimum atomic E-state index is 0.0747. The van der Waals surface area contributed by atoms with Crippen LogP contribution in [-0.2, 0) is 6.42 Å². The van der Waals surface area contributed by atoms with Crippen molar-refractivity contribution in [3.8, 4) is 11.3 Å². The van der Waals surface area contributed by atoms with Gasteiger partial charge in [-0.15, -0.1) is 0 Å². The number of piperidine rings is 1. The molecule has 0 radical (unpaired) electrons. The van der Waals surface area contributed by atoms with Gasteiger partial charge in [0.05, 0.1) is 0 Å². The van der Waals surface area contributed by atoms with Crippen LogP contribution in [0.2, 0.25) is 0 Å².